The lowest BCUT2D eigenvalue weighted by atomic mass is 10.1. The topological polar surface area (TPSA) is 83.8 Å². The van der Waals surface area contributed by atoms with Gasteiger partial charge in [0.05, 0.1) is 0 Å². The summed E-state index contributed by atoms with van der Waals surface area (Å²) in [4.78, 5) is 19.8. The molecule has 1 aliphatic rings. The van der Waals surface area contributed by atoms with Crippen LogP contribution in [-0.2, 0) is 6.42 Å². The number of hydrogen-bond acceptors (Lipinski definition) is 4. The molecule has 4 rings (SSSR count). The van der Waals surface area contributed by atoms with Gasteiger partial charge in [-0.25, -0.2) is 0 Å². The molecule has 6 nitrogen and oxygen atoms in total. The van der Waals surface area contributed by atoms with Crippen LogP contribution in [0.25, 0.3) is 10.9 Å². The first-order valence-corrected chi connectivity index (χ1v) is 8.98. The van der Waals surface area contributed by atoms with Gasteiger partial charge in [-0.1, -0.05) is 49.0 Å². The highest BCUT2D eigenvalue weighted by Gasteiger charge is 2.20. The normalized spacial score (nSPS) is 16.0. The summed E-state index contributed by atoms with van der Waals surface area (Å²) in [5.74, 6) is 0.319. The minimum Gasteiger partial charge on any atom is -0.361 e. The Morgan fingerprint density at radius 2 is 2.00 bits per heavy atom. The van der Waals surface area contributed by atoms with Crippen LogP contribution < -0.4 is 5.32 Å². The molecular weight excluding hydrogens is 316 g/mol. The van der Waals surface area contributed by atoms with E-state index in [4.69, 9.17) is 4.52 Å². The molecule has 0 radical (unpaired) electrons. The van der Waals surface area contributed by atoms with Gasteiger partial charge < -0.3 is 14.8 Å². The van der Waals surface area contributed by atoms with Crippen LogP contribution in [0.2, 0.25) is 0 Å². The molecule has 130 valence electrons. The van der Waals surface area contributed by atoms with Crippen molar-refractivity contribution >= 4 is 16.8 Å². The van der Waals surface area contributed by atoms with Crippen LogP contribution in [0.1, 0.15) is 60.6 Å². The predicted octanol–water partition coefficient (Wildman–Crippen LogP) is 3.59. The molecule has 3 aromatic rings. The van der Waals surface area contributed by atoms with E-state index in [0.717, 1.165) is 29.3 Å². The summed E-state index contributed by atoms with van der Waals surface area (Å²) in [7, 11) is 0. The van der Waals surface area contributed by atoms with E-state index in [1.54, 1.807) is 0 Å². The van der Waals surface area contributed by atoms with Gasteiger partial charge >= 0.3 is 11.8 Å². The SMILES string of the molecule is O=C(NC1CCCCCC1)c1nc(Cc2c[nH]c3ccccc23)no1. The van der Waals surface area contributed by atoms with Crippen molar-refractivity contribution in [2.24, 2.45) is 0 Å². The van der Waals surface area contributed by atoms with Gasteiger partial charge in [0.25, 0.3) is 0 Å². The van der Waals surface area contributed by atoms with E-state index in [2.05, 4.69) is 26.5 Å². The zero-order chi connectivity index (χ0) is 17.1. The van der Waals surface area contributed by atoms with Gasteiger partial charge in [-0.15, -0.1) is 0 Å². The summed E-state index contributed by atoms with van der Waals surface area (Å²) in [6.45, 7) is 0. The zero-order valence-corrected chi connectivity index (χ0v) is 14.1. The molecule has 6 heteroatoms. The Morgan fingerprint density at radius 3 is 2.84 bits per heavy atom. The fourth-order valence-electron chi connectivity index (χ4n) is 3.54. The van der Waals surface area contributed by atoms with Gasteiger partial charge in [-0.05, 0) is 24.5 Å². The van der Waals surface area contributed by atoms with E-state index < -0.39 is 0 Å². The summed E-state index contributed by atoms with van der Waals surface area (Å²) in [5.41, 5.74) is 2.17. The maximum Gasteiger partial charge on any atom is 0.315 e. The fraction of sp³-hybridized carbons (Fsp3) is 0.421. The van der Waals surface area contributed by atoms with Gasteiger partial charge in [-0.2, -0.15) is 4.98 Å². The summed E-state index contributed by atoms with van der Waals surface area (Å²) >= 11 is 0. The van der Waals surface area contributed by atoms with Gasteiger partial charge in [0.2, 0.25) is 0 Å². The van der Waals surface area contributed by atoms with Crippen molar-refractivity contribution in [1.29, 1.82) is 0 Å². The van der Waals surface area contributed by atoms with Crippen LogP contribution in [0.15, 0.2) is 35.0 Å². The molecular formula is C19H22N4O2. The lowest BCUT2D eigenvalue weighted by molar-refractivity contribution is 0.0889. The first-order valence-electron chi connectivity index (χ1n) is 8.98. The third-order valence-electron chi connectivity index (χ3n) is 4.88. The number of aromatic amines is 1. The first-order chi connectivity index (χ1) is 12.3. The number of rotatable bonds is 4. The molecule has 0 saturated heterocycles. The van der Waals surface area contributed by atoms with Crippen LogP contribution in [0.4, 0.5) is 0 Å². The van der Waals surface area contributed by atoms with Crippen molar-refractivity contribution in [3.05, 3.63) is 47.7 Å². The quantitative estimate of drug-likeness (QED) is 0.712. The number of carbonyl (C=O) groups excluding carboxylic acids is 1. The maximum absolute atomic E-state index is 12.3. The van der Waals surface area contributed by atoms with E-state index in [0.29, 0.717) is 12.2 Å². The minimum atomic E-state index is -0.260. The third kappa shape index (κ3) is 3.57. The number of carbonyl (C=O) groups is 1. The van der Waals surface area contributed by atoms with Crippen molar-refractivity contribution in [3.8, 4) is 0 Å². The van der Waals surface area contributed by atoms with Gasteiger partial charge in [0.1, 0.15) is 0 Å². The van der Waals surface area contributed by atoms with E-state index in [9.17, 15) is 4.79 Å². The lowest BCUT2D eigenvalue weighted by Crippen LogP contribution is -2.34. The number of hydrogen-bond donors (Lipinski definition) is 2. The Morgan fingerprint density at radius 1 is 1.20 bits per heavy atom. The zero-order valence-electron chi connectivity index (χ0n) is 14.1. The van der Waals surface area contributed by atoms with Crippen molar-refractivity contribution in [3.63, 3.8) is 0 Å². The van der Waals surface area contributed by atoms with E-state index >= 15 is 0 Å². The van der Waals surface area contributed by atoms with E-state index in [1.165, 1.54) is 25.7 Å². The molecule has 25 heavy (non-hydrogen) atoms. The average Bonchev–Trinajstić information content (AvgIpc) is 3.18. The average molecular weight is 338 g/mol. The largest absolute Gasteiger partial charge is 0.361 e. The van der Waals surface area contributed by atoms with E-state index in [1.807, 2.05) is 24.4 Å². The second-order valence-corrected chi connectivity index (χ2v) is 6.71. The number of nitrogens with one attached hydrogen (secondary N) is 2. The van der Waals surface area contributed by atoms with Crippen LogP contribution in [0.3, 0.4) is 0 Å². The number of para-hydroxylation sites is 1. The number of nitrogens with zero attached hydrogens (tertiary/aromatic N) is 2. The molecule has 0 aliphatic heterocycles. The Labute approximate surface area is 146 Å². The Hall–Kier alpha value is -2.63. The van der Waals surface area contributed by atoms with Crippen LogP contribution >= 0.6 is 0 Å². The number of benzene rings is 1. The summed E-state index contributed by atoms with van der Waals surface area (Å²) in [6, 6.07) is 8.30. The highest BCUT2D eigenvalue weighted by molar-refractivity contribution is 5.89. The smallest absolute Gasteiger partial charge is 0.315 e. The van der Waals surface area contributed by atoms with Crippen molar-refractivity contribution < 1.29 is 9.32 Å². The highest BCUT2D eigenvalue weighted by Crippen LogP contribution is 2.20. The highest BCUT2D eigenvalue weighted by atomic mass is 16.5. The standard InChI is InChI=1S/C19H22N4O2/c24-18(21-14-7-3-1-2-4-8-14)19-22-17(23-25-19)11-13-12-20-16-10-6-5-9-15(13)16/h5-6,9-10,12,14,20H,1-4,7-8,11H2,(H,21,24). The van der Waals surface area contributed by atoms with Crippen molar-refractivity contribution in [1.82, 2.24) is 20.4 Å². The summed E-state index contributed by atoms with van der Waals surface area (Å²) in [5, 5.41) is 8.14. The molecule has 1 saturated carbocycles. The molecule has 1 aromatic carbocycles. The molecule has 0 unspecified atom stereocenters. The lowest BCUT2D eigenvalue weighted by Gasteiger charge is -2.14. The molecule has 1 aliphatic carbocycles. The molecule has 1 fully saturated rings. The van der Waals surface area contributed by atoms with Crippen LogP contribution in [-0.4, -0.2) is 27.1 Å². The second-order valence-electron chi connectivity index (χ2n) is 6.71. The van der Waals surface area contributed by atoms with Gasteiger partial charge in [-0.3, -0.25) is 4.79 Å². The number of aromatic nitrogens is 3. The maximum atomic E-state index is 12.3. The van der Waals surface area contributed by atoms with Crippen LogP contribution in [0.5, 0.6) is 0 Å². The molecule has 0 atom stereocenters. The van der Waals surface area contributed by atoms with Crippen LogP contribution in [0, 0.1) is 0 Å². The minimum absolute atomic E-state index is 0.0547. The Kier molecular flexibility index (Phi) is 4.50. The second kappa shape index (κ2) is 7.09. The first kappa shape index (κ1) is 15.9. The fourth-order valence-corrected chi connectivity index (χ4v) is 3.54. The predicted molar refractivity (Wildman–Crippen MR) is 94.4 cm³/mol. The number of amides is 1. The van der Waals surface area contributed by atoms with Gasteiger partial charge in [0, 0.05) is 29.6 Å². The summed E-state index contributed by atoms with van der Waals surface area (Å²) < 4.78 is 5.18. The van der Waals surface area contributed by atoms with E-state index in [-0.39, 0.29) is 17.8 Å². The van der Waals surface area contributed by atoms with Crippen molar-refractivity contribution in [2.75, 3.05) is 0 Å². The summed E-state index contributed by atoms with van der Waals surface area (Å²) in [6.07, 6.45) is 9.38. The molecule has 1 amide bonds. The Bertz CT molecular complexity index is 859. The third-order valence-corrected chi connectivity index (χ3v) is 4.88. The Balaban J connectivity index is 1.43. The number of H-pyrrole nitrogens is 1. The molecule has 2 heterocycles. The molecule has 0 bridgehead atoms. The molecule has 2 N–H and O–H groups in total. The van der Waals surface area contributed by atoms with Crippen molar-refractivity contribution in [2.45, 2.75) is 51.0 Å². The van der Waals surface area contributed by atoms with Gasteiger partial charge in [0.15, 0.2) is 5.82 Å². The number of fused-ring (bicyclic) bond motifs is 1. The monoisotopic (exact) mass is 338 g/mol. The molecule has 0 spiro atoms. The molecule has 2 aromatic heterocycles.